The zero-order chi connectivity index (χ0) is 12.6. The molecule has 0 amide bonds. The van der Waals surface area contributed by atoms with Crippen LogP contribution in [0.3, 0.4) is 0 Å². The second kappa shape index (κ2) is 5.84. The summed E-state index contributed by atoms with van der Waals surface area (Å²) in [5.74, 6) is 0. The quantitative estimate of drug-likeness (QED) is 0.344. The Morgan fingerprint density at radius 2 is 2.06 bits per heavy atom. The van der Waals surface area contributed by atoms with Gasteiger partial charge >= 0.3 is 17.4 Å². The van der Waals surface area contributed by atoms with E-state index in [0.717, 1.165) is 0 Å². The topological polar surface area (TPSA) is 81.9 Å². The van der Waals surface area contributed by atoms with Crippen molar-refractivity contribution < 1.29 is 8.42 Å². The van der Waals surface area contributed by atoms with Crippen molar-refractivity contribution in [2.75, 3.05) is 6.26 Å². The molecule has 0 unspecified atom stereocenters. The van der Waals surface area contributed by atoms with Crippen LogP contribution in [0.2, 0.25) is 0 Å². The van der Waals surface area contributed by atoms with Gasteiger partial charge in [-0.1, -0.05) is 17.8 Å². The fourth-order valence-electron chi connectivity index (χ4n) is 1.42. The normalized spacial score (nSPS) is 10.6. The maximum Gasteiger partial charge on any atom is 1.00 e. The molecule has 2 radical (unpaired) electrons. The minimum atomic E-state index is -2.56. The van der Waals surface area contributed by atoms with Crippen LogP contribution in [0.5, 0.6) is 0 Å². The number of fused-ring (bicyclic) bond motifs is 1. The third-order valence-corrected chi connectivity index (χ3v) is 3.47. The number of aromatic nitrogens is 3. The molecule has 0 atom stereocenters. The van der Waals surface area contributed by atoms with Gasteiger partial charge in [-0.3, -0.25) is 9.36 Å². The largest absolute Gasteiger partial charge is 1.00 e. The minimum Gasteiger partial charge on any atom is -0.419 e. The molecule has 2 aromatic rings. The van der Waals surface area contributed by atoms with Gasteiger partial charge in [-0.05, 0) is 21.9 Å². The van der Waals surface area contributed by atoms with Gasteiger partial charge < -0.3 is 8.42 Å². The Morgan fingerprint density at radius 3 is 2.61 bits per heavy atom. The fraction of sp³-hybridized carbons (Fsp3) is 0.222. The molecule has 0 fully saturated rings. The number of nitrogens with zero attached hydrogens (tertiary/aromatic N) is 3. The van der Waals surface area contributed by atoms with E-state index in [1.54, 1.807) is 0 Å². The Bertz CT molecular complexity index is 719. The molecule has 2 rings (SSSR count). The number of hydrogen-bond donors (Lipinski definition) is 0. The molecule has 0 saturated carbocycles. The summed E-state index contributed by atoms with van der Waals surface area (Å²) in [6, 6.07) is 1.28. The summed E-state index contributed by atoms with van der Waals surface area (Å²) >= 11 is 1.35. The van der Waals surface area contributed by atoms with Crippen molar-refractivity contribution in [2.24, 2.45) is 7.05 Å². The third kappa shape index (κ3) is 2.59. The van der Waals surface area contributed by atoms with E-state index in [1.807, 2.05) is 6.26 Å². The van der Waals surface area contributed by atoms with Gasteiger partial charge in [0.25, 0.3) is 0 Å². The standard InChI is InChI=1S/C9H8N3O3S2.Al/c1-12-7-5(4-10-9(11-7)16-2)3-6(8(12)13)17(14)15;/h3-4H,1-2H3;/q-1;+1. The summed E-state index contributed by atoms with van der Waals surface area (Å²) in [6.45, 7) is 0. The predicted octanol–water partition coefficient (Wildman–Crippen LogP) is 0.338. The van der Waals surface area contributed by atoms with Crippen LogP contribution in [0, 0.1) is 0 Å². The predicted molar refractivity (Wildman–Crippen MR) is 69.3 cm³/mol. The van der Waals surface area contributed by atoms with E-state index >= 15 is 0 Å². The Hall–Kier alpha value is -0.878. The SMILES string of the molecule is CSc1ncc2cc([S-](=O)=O)c(=O)n(C)c2n1.[Al+]. The van der Waals surface area contributed by atoms with Crippen molar-refractivity contribution in [2.45, 2.75) is 10.1 Å². The molecule has 0 aromatic carbocycles. The molecule has 6 nitrogen and oxygen atoms in total. The van der Waals surface area contributed by atoms with Crippen molar-refractivity contribution in [3.8, 4) is 0 Å². The molecule has 0 aliphatic heterocycles. The first-order valence-corrected chi connectivity index (χ1v) is 6.84. The molecular weight excluding hydrogens is 289 g/mol. The molecule has 0 bridgehead atoms. The minimum absolute atomic E-state index is 0. The number of aryl methyl sites for hydroxylation is 1. The molecule has 0 N–H and O–H groups in total. The summed E-state index contributed by atoms with van der Waals surface area (Å²) in [5, 5.41) is 1.05. The molecule has 18 heavy (non-hydrogen) atoms. The van der Waals surface area contributed by atoms with Crippen LogP contribution in [-0.4, -0.2) is 38.2 Å². The molecule has 0 saturated heterocycles. The van der Waals surface area contributed by atoms with Gasteiger partial charge in [0.15, 0.2) is 5.16 Å². The summed E-state index contributed by atoms with van der Waals surface area (Å²) in [6.07, 6.45) is 3.32. The molecule has 2 heterocycles. The van der Waals surface area contributed by atoms with Crippen molar-refractivity contribution in [1.29, 1.82) is 0 Å². The average molecular weight is 297 g/mol. The first-order chi connectivity index (χ1) is 8.04. The Labute approximate surface area is 120 Å². The first-order valence-electron chi connectivity index (χ1n) is 4.54. The van der Waals surface area contributed by atoms with Crippen LogP contribution in [0.1, 0.15) is 0 Å². The van der Waals surface area contributed by atoms with Crippen LogP contribution in [0.4, 0.5) is 0 Å². The Balaban J connectivity index is 0.00000162. The summed E-state index contributed by atoms with van der Waals surface area (Å²) < 4.78 is 23.0. The monoisotopic (exact) mass is 297 g/mol. The zero-order valence-corrected chi connectivity index (χ0v) is 12.4. The van der Waals surface area contributed by atoms with Crippen molar-refractivity contribution >= 4 is 50.9 Å². The van der Waals surface area contributed by atoms with Gasteiger partial charge in [0, 0.05) is 18.6 Å². The van der Waals surface area contributed by atoms with Gasteiger partial charge in [-0.25, -0.2) is 9.97 Å². The smallest absolute Gasteiger partial charge is 0.419 e. The number of pyridine rings is 1. The van der Waals surface area contributed by atoms with Crippen LogP contribution in [-0.2, 0) is 26.2 Å². The molecule has 0 aliphatic carbocycles. The van der Waals surface area contributed by atoms with Gasteiger partial charge in [0.2, 0.25) is 5.56 Å². The first kappa shape index (κ1) is 15.2. The summed E-state index contributed by atoms with van der Waals surface area (Å²) in [4.78, 5) is 19.6. The van der Waals surface area contributed by atoms with Crippen molar-refractivity contribution in [3.63, 3.8) is 0 Å². The second-order valence-corrected chi connectivity index (χ2v) is 4.93. The molecular formula is C9H8AlN3O3S2. The maximum absolute atomic E-state index is 11.7. The van der Waals surface area contributed by atoms with Crippen LogP contribution in [0.25, 0.3) is 11.0 Å². The van der Waals surface area contributed by atoms with Gasteiger partial charge in [-0.15, -0.1) is 0 Å². The molecule has 9 heteroatoms. The zero-order valence-electron chi connectivity index (χ0n) is 9.61. The third-order valence-electron chi connectivity index (χ3n) is 2.26. The number of thioether (sulfide) groups is 1. The van der Waals surface area contributed by atoms with E-state index in [-0.39, 0.29) is 22.3 Å². The van der Waals surface area contributed by atoms with E-state index in [2.05, 4.69) is 9.97 Å². The number of hydrogen-bond acceptors (Lipinski definition) is 7. The van der Waals surface area contributed by atoms with Gasteiger partial charge in [0.05, 0.1) is 0 Å². The average Bonchev–Trinajstić information content (AvgIpc) is 2.33. The molecule has 92 valence electrons. The van der Waals surface area contributed by atoms with Crippen molar-refractivity contribution in [1.82, 2.24) is 14.5 Å². The number of rotatable bonds is 2. The summed E-state index contributed by atoms with van der Waals surface area (Å²) in [5.41, 5.74) is -0.167. The van der Waals surface area contributed by atoms with E-state index in [0.29, 0.717) is 16.2 Å². The van der Waals surface area contributed by atoms with Crippen molar-refractivity contribution in [3.05, 3.63) is 22.6 Å². The second-order valence-electron chi connectivity index (χ2n) is 3.24. The van der Waals surface area contributed by atoms with Crippen LogP contribution in [0.15, 0.2) is 27.1 Å². The Kier molecular flexibility index (Phi) is 4.93. The summed E-state index contributed by atoms with van der Waals surface area (Å²) in [7, 11) is -1.07. The molecule has 0 spiro atoms. The maximum atomic E-state index is 11.7. The molecule has 0 aliphatic rings. The van der Waals surface area contributed by atoms with Crippen LogP contribution >= 0.6 is 11.8 Å². The van der Waals surface area contributed by atoms with E-state index in [4.69, 9.17) is 0 Å². The molecule has 2 aromatic heterocycles. The van der Waals surface area contributed by atoms with E-state index in [1.165, 1.54) is 35.6 Å². The van der Waals surface area contributed by atoms with E-state index in [9.17, 15) is 13.2 Å². The van der Waals surface area contributed by atoms with Gasteiger partial charge in [0.1, 0.15) is 5.65 Å². The van der Waals surface area contributed by atoms with Gasteiger partial charge in [-0.2, -0.15) is 0 Å². The Morgan fingerprint density at radius 1 is 1.39 bits per heavy atom. The fourth-order valence-corrected chi connectivity index (χ4v) is 2.26. The van der Waals surface area contributed by atoms with E-state index < -0.39 is 16.3 Å². The van der Waals surface area contributed by atoms with Crippen LogP contribution < -0.4 is 5.56 Å².